The predicted molar refractivity (Wildman–Crippen MR) is 155 cm³/mol. The number of thiazole rings is 1. The van der Waals surface area contributed by atoms with E-state index in [1.54, 1.807) is 17.4 Å². The first kappa shape index (κ1) is 25.2. The molecule has 0 atom stereocenters. The van der Waals surface area contributed by atoms with E-state index in [0.717, 1.165) is 77.3 Å². The number of rotatable bonds is 7. The second-order valence-electron chi connectivity index (χ2n) is 9.51. The van der Waals surface area contributed by atoms with Crippen LogP contribution < -0.4 is 5.43 Å². The molecule has 3 heterocycles. The van der Waals surface area contributed by atoms with Crippen molar-refractivity contribution in [3.63, 3.8) is 0 Å². The number of aryl methyl sites for hydroxylation is 1. The average molecular weight is 540 g/mol. The molecule has 0 spiro atoms. The van der Waals surface area contributed by atoms with Gasteiger partial charge in [0.1, 0.15) is 10.8 Å². The number of morpholine rings is 1. The SMILES string of the molecule is CCn1cc(C(=O)N/N=C/c2c(O)ccc3ccccc23)c2cc(-c3nc(CN4CCOCC4)cs3)ccc21. The number of benzene rings is 3. The Morgan fingerprint density at radius 1 is 1.15 bits per heavy atom. The first-order valence-electron chi connectivity index (χ1n) is 13.0. The van der Waals surface area contributed by atoms with Crippen LogP contribution in [0.15, 0.2) is 71.3 Å². The van der Waals surface area contributed by atoms with Crippen LogP contribution in [0.1, 0.15) is 28.5 Å². The van der Waals surface area contributed by atoms with Crippen LogP contribution in [0.5, 0.6) is 5.75 Å². The van der Waals surface area contributed by atoms with Gasteiger partial charge in [0.25, 0.3) is 5.91 Å². The fourth-order valence-electron chi connectivity index (χ4n) is 5.01. The highest BCUT2D eigenvalue weighted by Gasteiger charge is 2.17. The van der Waals surface area contributed by atoms with Crippen LogP contribution in [-0.4, -0.2) is 58.0 Å². The molecule has 1 saturated heterocycles. The molecule has 8 nitrogen and oxygen atoms in total. The highest BCUT2D eigenvalue weighted by Crippen LogP contribution is 2.31. The minimum absolute atomic E-state index is 0.107. The molecule has 2 N–H and O–H groups in total. The number of nitrogens with one attached hydrogen (secondary N) is 1. The number of nitrogens with zero attached hydrogens (tertiary/aromatic N) is 4. The average Bonchev–Trinajstić information content (AvgIpc) is 3.59. The van der Waals surface area contributed by atoms with Crippen LogP contribution in [0.2, 0.25) is 0 Å². The third-order valence-electron chi connectivity index (χ3n) is 7.06. The summed E-state index contributed by atoms with van der Waals surface area (Å²) in [5.74, 6) is -0.206. The Balaban J connectivity index is 1.26. The smallest absolute Gasteiger partial charge is 0.273 e. The van der Waals surface area contributed by atoms with E-state index in [-0.39, 0.29) is 11.7 Å². The number of aromatic nitrogens is 2. The van der Waals surface area contributed by atoms with Crippen LogP contribution in [0.3, 0.4) is 0 Å². The van der Waals surface area contributed by atoms with Crippen molar-refractivity contribution in [2.24, 2.45) is 5.10 Å². The van der Waals surface area contributed by atoms with Crippen molar-refractivity contribution < 1.29 is 14.6 Å². The summed E-state index contributed by atoms with van der Waals surface area (Å²) in [5.41, 5.74) is 6.76. The summed E-state index contributed by atoms with van der Waals surface area (Å²) in [7, 11) is 0. The molecular formula is C30H29N5O3S. The van der Waals surface area contributed by atoms with Crippen molar-refractivity contribution in [1.82, 2.24) is 19.9 Å². The number of fused-ring (bicyclic) bond motifs is 2. The van der Waals surface area contributed by atoms with Crippen molar-refractivity contribution in [1.29, 1.82) is 0 Å². The van der Waals surface area contributed by atoms with E-state index < -0.39 is 0 Å². The lowest BCUT2D eigenvalue weighted by Crippen LogP contribution is -2.35. The Morgan fingerprint density at radius 3 is 2.85 bits per heavy atom. The van der Waals surface area contributed by atoms with Gasteiger partial charge in [-0.3, -0.25) is 9.69 Å². The zero-order valence-electron chi connectivity index (χ0n) is 21.6. The van der Waals surface area contributed by atoms with Gasteiger partial charge in [-0.25, -0.2) is 10.4 Å². The van der Waals surface area contributed by atoms with Gasteiger partial charge < -0.3 is 14.4 Å². The van der Waals surface area contributed by atoms with E-state index >= 15 is 0 Å². The third-order valence-corrected chi connectivity index (χ3v) is 8.00. The quantitative estimate of drug-likeness (QED) is 0.218. The van der Waals surface area contributed by atoms with E-state index in [2.05, 4.69) is 38.4 Å². The number of phenols is 1. The van der Waals surface area contributed by atoms with E-state index in [4.69, 9.17) is 9.72 Å². The molecule has 2 aromatic heterocycles. The van der Waals surface area contributed by atoms with Gasteiger partial charge in [-0.2, -0.15) is 5.10 Å². The molecular weight excluding hydrogens is 510 g/mol. The Labute approximate surface area is 230 Å². The Morgan fingerprint density at radius 2 is 2.00 bits per heavy atom. The molecule has 3 aromatic carbocycles. The highest BCUT2D eigenvalue weighted by molar-refractivity contribution is 7.13. The number of aromatic hydroxyl groups is 1. The molecule has 0 bridgehead atoms. The van der Waals surface area contributed by atoms with Crippen molar-refractivity contribution in [3.05, 3.63) is 83.0 Å². The molecule has 1 fully saturated rings. The zero-order valence-corrected chi connectivity index (χ0v) is 22.4. The molecule has 5 aromatic rings. The monoisotopic (exact) mass is 539 g/mol. The van der Waals surface area contributed by atoms with Gasteiger partial charge in [0.2, 0.25) is 0 Å². The largest absolute Gasteiger partial charge is 0.507 e. The maximum absolute atomic E-state index is 13.3. The first-order valence-corrected chi connectivity index (χ1v) is 13.9. The molecule has 6 rings (SSSR count). The summed E-state index contributed by atoms with van der Waals surface area (Å²) in [5, 5.41) is 20.3. The van der Waals surface area contributed by atoms with Crippen molar-refractivity contribution in [2.75, 3.05) is 26.3 Å². The number of amides is 1. The fourth-order valence-corrected chi connectivity index (χ4v) is 5.82. The standard InChI is InChI=1S/C30H29N5O3S/c1-2-35-18-26(29(37)33-31-16-25-23-6-4-3-5-20(23)8-10-28(25)36)24-15-21(7-9-27(24)35)30-32-22(19-39-30)17-34-11-13-38-14-12-34/h3-10,15-16,18-19,36H,2,11-14,17H2,1H3,(H,33,37)/b31-16+. The van der Waals surface area contributed by atoms with E-state index in [1.807, 2.05) is 48.7 Å². The molecule has 0 unspecified atom stereocenters. The van der Waals surface area contributed by atoms with Crippen molar-refractivity contribution in [2.45, 2.75) is 20.0 Å². The number of ether oxygens (including phenoxy) is 1. The highest BCUT2D eigenvalue weighted by atomic mass is 32.1. The minimum Gasteiger partial charge on any atom is -0.507 e. The van der Waals surface area contributed by atoms with Crippen LogP contribution >= 0.6 is 11.3 Å². The van der Waals surface area contributed by atoms with Gasteiger partial charge in [-0.05, 0) is 42.0 Å². The maximum atomic E-state index is 13.3. The summed E-state index contributed by atoms with van der Waals surface area (Å²) in [4.78, 5) is 20.5. The van der Waals surface area contributed by atoms with Crippen molar-refractivity contribution in [3.8, 4) is 16.3 Å². The van der Waals surface area contributed by atoms with E-state index in [9.17, 15) is 9.90 Å². The third kappa shape index (κ3) is 5.16. The minimum atomic E-state index is -0.313. The predicted octanol–water partition coefficient (Wildman–Crippen LogP) is 5.24. The molecule has 9 heteroatoms. The van der Waals surface area contributed by atoms with Gasteiger partial charge in [0.15, 0.2) is 0 Å². The van der Waals surface area contributed by atoms with Crippen molar-refractivity contribution >= 4 is 45.1 Å². The summed E-state index contributed by atoms with van der Waals surface area (Å²) in [6.45, 7) is 6.97. The van der Waals surface area contributed by atoms with Gasteiger partial charge in [0, 0.05) is 59.8 Å². The van der Waals surface area contributed by atoms with E-state index in [0.29, 0.717) is 11.1 Å². The Bertz CT molecular complexity index is 1680. The molecule has 1 aliphatic rings. The molecule has 1 amide bonds. The Hall–Kier alpha value is -4.05. The Kier molecular flexibility index (Phi) is 7.10. The zero-order chi connectivity index (χ0) is 26.8. The molecule has 0 radical (unpaired) electrons. The molecule has 0 aliphatic carbocycles. The second-order valence-corrected chi connectivity index (χ2v) is 10.4. The second kappa shape index (κ2) is 11.0. The topological polar surface area (TPSA) is 92.0 Å². The summed E-state index contributed by atoms with van der Waals surface area (Å²) in [6, 6.07) is 17.4. The summed E-state index contributed by atoms with van der Waals surface area (Å²) < 4.78 is 7.51. The number of hydrazone groups is 1. The lowest BCUT2D eigenvalue weighted by molar-refractivity contribution is 0.0337. The number of phenolic OH excluding ortho intramolecular Hbond substituents is 1. The van der Waals surface area contributed by atoms with Gasteiger partial charge >= 0.3 is 0 Å². The first-order chi connectivity index (χ1) is 19.1. The van der Waals surface area contributed by atoms with Gasteiger partial charge in [-0.15, -0.1) is 11.3 Å². The molecule has 0 saturated carbocycles. The number of hydrogen-bond acceptors (Lipinski definition) is 7. The van der Waals surface area contributed by atoms with Gasteiger partial charge in [-0.1, -0.05) is 30.3 Å². The van der Waals surface area contributed by atoms with Crippen LogP contribution in [0.25, 0.3) is 32.2 Å². The maximum Gasteiger partial charge on any atom is 0.273 e. The lowest BCUT2D eigenvalue weighted by atomic mass is 10.0. The molecule has 1 aliphatic heterocycles. The number of carbonyl (C=O) groups excluding carboxylic acids is 1. The summed E-state index contributed by atoms with van der Waals surface area (Å²) >= 11 is 1.62. The van der Waals surface area contributed by atoms with Crippen LogP contribution in [0.4, 0.5) is 0 Å². The fraction of sp³-hybridized carbons (Fsp3) is 0.233. The molecule has 39 heavy (non-hydrogen) atoms. The van der Waals surface area contributed by atoms with Gasteiger partial charge in [0.05, 0.1) is 30.7 Å². The van der Waals surface area contributed by atoms with Crippen LogP contribution in [-0.2, 0) is 17.8 Å². The van der Waals surface area contributed by atoms with Crippen LogP contribution in [0, 0.1) is 0 Å². The molecule has 198 valence electrons. The lowest BCUT2D eigenvalue weighted by Gasteiger charge is -2.25. The summed E-state index contributed by atoms with van der Waals surface area (Å²) in [6.07, 6.45) is 3.35. The van der Waals surface area contributed by atoms with E-state index in [1.165, 1.54) is 6.21 Å². The number of hydrogen-bond donors (Lipinski definition) is 2. The number of carbonyl (C=O) groups is 1. The normalized spacial score (nSPS) is 14.5.